The number of rotatable bonds is 1. The van der Waals surface area contributed by atoms with Crippen molar-refractivity contribution >= 4 is 17.3 Å². The first-order valence-electron chi connectivity index (χ1n) is 5.79. The molecule has 1 saturated heterocycles. The minimum atomic E-state index is 0.588. The average Bonchev–Trinajstić information content (AvgIpc) is 2.65. The minimum Gasteiger partial charge on any atom is -0.306 e. The van der Waals surface area contributed by atoms with Crippen molar-refractivity contribution in [2.75, 3.05) is 7.05 Å². The van der Waals surface area contributed by atoms with Crippen LogP contribution in [-0.2, 0) is 0 Å². The summed E-state index contributed by atoms with van der Waals surface area (Å²) in [6, 6.07) is 1.31. The molecule has 86 valence electrons. The van der Waals surface area contributed by atoms with Crippen LogP contribution < -0.4 is 0 Å². The van der Waals surface area contributed by atoms with Crippen LogP contribution in [0.15, 0.2) is 12.3 Å². The van der Waals surface area contributed by atoms with Gasteiger partial charge in [-0.3, -0.25) is 4.90 Å². The number of aromatic nitrogens is 2. The lowest BCUT2D eigenvalue weighted by Crippen LogP contribution is -2.35. The summed E-state index contributed by atoms with van der Waals surface area (Å²) in [5.41, 5.74) is 1.36. The van der Waals surface area contributed by atoms with Gasteiger partial charge in [-0.2, -0.15) is 0 Å². The SMILES string of the molecule is Cc1nc(Cl)cn1C1=CC2CCC(C1)N2C. The van der Waals surface area contributed by atoms with Crippen LogP contribution >= 0.6 is 11.6 Å². The molecule has 0 amide bonds. The summed E-state index contributed by atoms with van der Waals surface area (Å²) in [7, 11) is 2.23. The van der Waals surface area contributed by atoms with E-state index in [0.717, 1.165) is 12.2 Å². The zero-order chi connectivity index (χ0) is 11.3. The van der Waals surface area contributed by atoms with Gasteiger partial charge in [0.2, 0.25) is 0 Å². The van der Waals surface area contributed by atoms with Crippen LogP contribution in [-0.4, -0.2) is 33.6 Å². The summed E-state index contributed by atoms with van der Waals surface area (Å²) >= 11 is 5.93. The quantitative estimate of drug-likeness (QED) is 0.749. The minimum absolute atomic E-state index is 0.588. The first kappa shape index (κ1) is 10.4. The number of fused-ring (bicyclic) bond motifs is 2. The van der Waals surface area contributed by atoms with E-state index < -0.39 is 0 Å². The number of nitrogens with zero attached hydrogens (tertiary/aromatic N) is 3. The standard InChI is InChI=1S/C12H16ClN3/c1-8-14-12(13)7-16(8)11-5-9-3-4-10(6-11)15(9)2/h5,7,9-10H,3-4,6H2,1-2H3. The molecule has 0 radical (unpaired) electrons. The summed E-state index contributed by atoms with van der Waals surface area (Å²) in [5.74, 6) is 0.986. The zero-order valence-corrected chi connectivity index (χ0v) is 10.4. The van der Waals surface area contributed by atoms with Gasteiger partial charge in [0, 0.05) is 30.4 Å². The highest BCUT2D eigenvalue weighted by molar-refractivity contribution is 6.29. The van der Waals surface area contributed by atoms with Gasteiger partial charge >= 0.3 is 0 Å². The second-order valence-corrected chi connectivity index (χ2v) is 5.19. The Kier molecular flexibility index (Phi) is 2.33. The first-order valence-corrected chi connectivity index (χ1v) is 6.17. The Balaban J connectivity index is 1.97. The molecule has 2 atom stereocenters. The predicted molar refractivity (Wildman–Crippen MR) is 65.4 cm³/mol. The van der Waals surface area contributed by atoms with E-state index in [1.54, 1.807) is 0 Å². The molecule has 3 rings (SSSR count). The second-order valence-electron chi connectivity index (χ2n) is 4.81. The lowest BCUT2D eigenvalue weighted by atomic mass is 10.1. The van der Waals surface area contributed by atoms with Crippen LogP contribution in [0.25, 0.3) is 5.70 Å². The Morgan fingerprint density at radius 3 is 2.88 bits per heavy atom. The number of halogens is 1. The van der Waals surface area contributed by atoms with Gasteiger partial charge in [0.05, 0.1) is 0 Å². The van der Waals surface area contributed by atoms with Crippen molar-refractivity contribution in [2.45, 2.75) is 38.3 Å². The number of aryl methyl sites for hydroxylation is 1. The Morgan fingerprint density at radius 1 is 1.44 bits per heavy atom. The van der Waals surface area contributed by atoms with Crippen LogP contribution in [0.4, 0.5) is 0 Å². The van der Waals surface area contributed by atoms with E-state index in [2.05, 4.69) is 27.6 Å². The fourth-order valence-electron chi connectivity index (χ4n) is 2.93. The molecule has 2 unspecified atom stereocenters. The van der Waals surface area contributed by atoms with Crippen molar-refractivity contribution in [3.63, 3.8) is 0 Å². The van der Waals surface area contributed by atoms with Gasteiger partial charge in [-0.1, -0.05) is 11.6 Å². The van der Waals surface area contributed by atoms with Gasteiger partial charge in [-0.25, -0.2) is 4.98 Å². The van der Waals surface area contributed by atoms with E-state index in [4.69, 9.17) is 11.6 Å². The third-order valence-corrected chi connectivity index (χ3v) is 4.07. The first-order chi connectivity index (χ1) is 7.65. The molecule has 16 heavy (non-hydrogen) atoms. The van der Waals surface area contributed by atoms with Gasteiger partial charge in [0.1, 0.15) is 11.0 Å². The molecule has 0 aliphatic carbocycles. The van der Waals surface area contributed by atoms with Crippen molar-refractivity contribution in [3.05, 3.63) is 23.3 Å². The smallest absolute Gasteiger partial charge is 0.147 e. The molecule has 3 nitrogen and oxygen atoms in total. The molecule has 1 aromatic heterocycles. The Labute approximate surface area is 101 Å². The lowest BCUT2D eigenvalue weighted by Gasteiger charge is -2.30. The van der Waals surface area contributed by atoms with E-state index in [-0.39, 0.29) is 0 Å². The van der Waals surface area contributed by atoms with Gasteiger partial charge in [-0.15, -0.1) is 0 Å². The summed E-state index contributed by atoms with van der Waals surface area (Å²) in [6.45, 7) is 2.01. The highest BCUT2D eigenvalue weighted by Crippen LogP contribution is 2.35. The van der Waals surface area contributed by atoms with Gasteiger partial charge < -0.3 is 4.57 Å². The third-order valence-electron chi connectivity index (χ3n) is 3.89. The molecule has 2 aliphatic heterocycles. The molecule has 3 heterocycles. The molecule has 4 heteroatoms. The van der Waals surface area contributed by atoms with Gasteiger partial charge in [0.25, 0.3) is 0 Å². The largest absolute Gasteiger partial charge is 0.306 e. The highest BCUT2D eigenvalue weighted by atomic mass is 35.5. The van der Waals surface area contributed by atoms with Crippen molar-refractivity contribution in [1.82, 2.24) is 14.5 Å². The molecule has 2 bridgehead atoms. The Hall–Kier alpha value is -0.800. The summed E-state index contributed by atoms with van der Waals surface area (Å²) < 4.78 is 2.14. The van der Waals surface area contributed by atoms with Gasteiger partial charge in [-0.05, 0) is 32.9 Å². The molecular weight excluding hydrogens is 222 g/mol. The fraction of sp³-hybridized carbons (Fsp3) is 0.583. The lowest BCUT2D eigenvalue weighted by molar-refractivity contribution is 0.261. The van der Waals surface area contributed by atoms with E-state index in [9.17, 15) is 0 Å². The topological polar surface area (TPSA) is 21.1 Å². The van der Waals surface area contributed by atoms with Crippen molar-refractivity contribution in [3.8, 4) is 0 Å². The van der Waals surface area contributed by atoms with Crippen LogP contribution in [0.5, 0.6) is 0 Å². The number of likely N-dealkylation sites (N-methyl/N-ethyl adjacent to an activating group) is 1. The molecular formula is C12H16ClN3. The van der Waals surface area contributed by atoms with Crippen molar-refractivity contribution < 1.29 is 0 Å². The van der Waals surface area contributed by atoms with E-state index in [0.29, 0.717) is 17.2 Å². The predicted octanol–water partition coefficient (Wildman–Crippen LogP) is 2.55. The summed E-state index contributed by atoms with van der Waals surface area (Å²) in [6.07, 6.45) is 8.00. The molecule has 0 N–H and O–H groups in total. The summed E-state index contributed by atoms with van der Waals surface area (Å²) in [4.78, 5) is 6.73. The van der Waals surface area contributed by atoms with Crippen LogP contribution in [0.2, 0.25) is 5.15 Å². The number of hydrogen-bond acceptors (Lipinski definition) is 2. The Morgan fingerprint density at radius 2 is 2.25 bits per heavy atom. The molecule has 1 fully saturated rings. The number of imidazole rings is 1. The monoisotopic (exact) mass is 237 g/mol. The average molecular weight is 238 g/mol. The van der Waals surface area contributed by atoms with E-state index >= 15 is 0 Å². The van der Waals surface area contributed by atoms with Gasteiger partial charge in [0.15, 0.2) is 0 Å². The normalized spacial score (nSPS) is 29.6. The fourth-order valence-corrected chi connectivity index (χ4v) is 3.15. The Bertz CT molecular complexity index is 449. The van der Waals surface area contributed by atoms with E-state index in [1.165, 1.54) is 18.5 Å². The van der Waals surface area contributed by atoms with Crippen LogP contribution in [0.3, 0.4) is 0 Å². The number of hydrogen-bond donors (Lipinski definition) is 0. The summed E-state index contributed by atoms with van der Waals surface area (Å²) in [5, 5.41) is 0.588. The zero-order valence-electron chi connectivity index (χ0n) is 9.65. The maximum Gasteiger partial charge on any atom is 0.147 e. The third kappa shape index (κ3) is 1.50. The molecule has 0 saturated carbocycles. The maximum atomic E-state index is 5.93. The van der Waals surface area contributed by atoms with E-state index in [1.807, 2.05) is 13.1 Å². The van der Waals surface area contributed by atoms with Crippen LogP contribution in [0.1, 0.15) is 25.1 Å². The van der Waals surface area contributed by atoms with Crippen molar-refractivity contribution in [1.29, 1.82) is 0 Å². The van der Waals surface area contributed by atoms with Crippen LogP contribution in [0, 0.1) is 6.92 Å². The molecule has 0 aromatic carbocycles. The highest BCUT2D eigenvalue weighted by Gasteiger charge is 2.34. The maximum absolute atomic E-state index is 5.93. The second kappa shape index (κ2) is 3.60. The molecule has 0 spiro atoms. The molecule has 2 aliphatic rings. The molecule has 1 aromatic rings. The van der Waals surface area contributed by atoms with Crippen molar-refractivity contribution in [2.24, 2.45) is 0 Å².